The maximum Gasteiger partial charge on any atom is 0.145 e. The number of rotatable bonds is 4. The van der Waals surface area contributed by atoms with Crippen LogP contribution in [0.3, 0.4) is 0 Å². The first kappa shape index (κ1) is 17.9. The largest absolute Gasteiger partial charge is 0.285 e. The molecule has 0 N–H and O–H groups in total. The van der Waals surface area contributed by atoms with Crippen molar-refractivity contribution in [1.82, 2.24) is 29.1 Å². The van der Waals surface area contributed by atoms with E-state index < -0.39 is 0 Å². The molecule has 0 bridgehead atoms. The molecule has 0 spiro atoms. The Morgan fingerprint density at radius 1 is 0.548 bits per heavy atom. The van der Waals surface area contributed by atoms with Crippen molar-refractivity contribution in [2.75, 3.05) is 0 Å². The minimum absolute atomic E-state index is 0.829. The third kappa shape index (κ3) is 3.25. The van der Waals surface area contributed by atoms with Gasteiger partial charge in [-0.25, -0.2) is 19.9 Å². The summed E-state index contributed by atoms with van der Waals surface area (Å²) >= 11 is 1.53. The van der Waals surface area contributed by atoms with Gasteiger partial charge >= 0.3 is 0 Å². The molecule has 0 saturated carbocycles. The summed E-state index contributed by atoms with van der Waals surface area (Å²) < 4.78 is 4.00. The summed E-state index contributed by atoms with van der Waals surface area (Å²) in [4.78, 5) is 18.6. The van der Waals surface area contributed by atoms with E-state index in [9.17, 15) is 0 Å². The van der Waals surface area contributed by atoms with Crippen LogP contribution in [0.5, 0.6) is 0 Å². The van der Waals surface area contributed by atoms with E-state index in [0.717, 1.165) is 43.8 Å². The van der Waals surface area contributed by atoms with Gasteiger partial charge in [0.2, 0.25) is 0 Å². The van der Waals surface area contributed by atoms with Crippen LogP contribution in [0.1, 0.15) is 0 Å². The maximum absolute atomic E-state index is 4.83. The predicted molar refractivity (Wildman–Crippen MR) is 122 cm³/mol. The Balaban J connectivity index is 1.34. The Morgan fingerprint density at radius 2 is 1.06 bits per heavy atom. The smallest absolute Gasteiger partial charge is 0.145 e. The summed E-state index contributed by atoms with van der Waals surface area (Å²) in [7, 11) is 0. The Hall–Kier alpha value is -3.97. The summed E-state index contributed by atoms with van der Waals surface area (Å²) in [6.45, 7) is 0. The molecule has 0 unspecified atom stereocenters. The fourth-order valence-corrected chi connectivity index (χ4v) is 4.39. The monoisotopic (exact) mass is 420 g/mol. The zero-order valence-electron chi connectivity index (χ0n) is 16.3. The average molecular weight is 421 g/mol. The lowest BCUT2D eigenvalue weighted by molar-refractivity contribution is 0.958. The molecule has 0 aliphatic carbocycles. The Labute approximate surface area is 182 Å². The van der Waals surface area contributed by atoms with Crippen molar-refractivity contribution in [3.8, 4) is 11.6 Å². The molecule has 6 aromatic heterocycles. The van der Waals surface area contributed by atoms with Crippen molar-refractivity contribution in [2.45, 2.75) is 10.1 Å². The van der Waals surface area contributed by atoms with E-state index >= 15 is 0 Å². The molecule has 148 valence electrons. The fourth-order valence-electron chi connectivity index (χ4n) is 3.60. The van der Waals surface area contributed by atoms with E-state index in [1.54, 1.807) is 12.4 Å². The summed E-state index contributed by atoms with van der Waals surface area (Å²) in [5, 5.41) is 3.92. The Bertz CT molecular complexity index is 1420. The van der Waals surface area contributed by atoms with Crippen LogP contribution in [0.2, 0.25) is 0 Å². The zero-order chi connectivity index (χ0) is 20.6. The van der Waals surface area contributed by atoms with Gasteiger partial charge in [0.1, 0.15) is 33.0 Å². The summed E-state index contributed by atoms with van der Waals surface area (Å²) in [6.07, 6.45) is 7.59. The van der Waals surface area contributed by atoms with Crippen LogP contribution in [0, 0.1) is 0 Å². The highest BCUT2D eigenvalue weighted by molar-refractivity contribution is 7.99. The number of hydrogen-bond donors (Lipinski definition) is 0. The number of fused-ring (bicyclic) bond motifs is 2. The van der Waals surface area contributed by atoms with Crippen LogP contribution in [0.4, 0.5) is 0 Å². The van der Waals surface area contributed by atoms with Gasteiger partial charge in [0.05, 0.1) is 0 Å². The Morgan fingerprint density at radius 3 is 1.58 bits per heavy atom. The van der Waals surface area contributed by atoms with E-state index in [4.69, 9.17) is 9.97 Å². The highest BCUT2D eigenvalue weighted by Gasteiger charge is 2.09. The van der Waals surface area contributed by atoms with Gasteiger partial charge in [0.25, 0.3) is 0 Å². The van der Waals surface area contributed by atoms with Gasteiger partial charge in [-0.15, -0.1) is 0 Å². The van der Waals surface area contributed by atoms with E-state index in [1.807, 2.05) is 94.3 Å². The van der Waals surface area contributed by atoms with E-state index in [1.165, 1.54) is 11.8 Å². The molecule has 0 fully saturated rings. The second kappa shape index (κ2) is 7.37. The van der Waals surface area contributed by atoms with Crippen LogP contribution < -0.4 is 0 Å². The standard InChI is InChI=1S/C24H16N6S/c1-7-19(29-15-11-17-5-3-13-25-23(17)29)27-21(9-1)31-22-10-2-8-20(28-22)30-16-12-18-6-4-14-26-24(18)30/h1-16H. The molecule has 0 atom stereocenters. The molecule has 6 nitrogen and oxygen atoms in total. The highest BCUT2D eigenvalue weighted by Crippen LogP contribution is 2.27. The fraction of sp³-hybridized carbons (Fsp3) is 0. The topological polar surface area (TPSA) is 61.4 Å². The van der Waals surface area contributed by atoms with Crippen LogP contribution in [0.25, 0.3) is 33.7 Å². The normalized spacial score (nSPS) is 11.4. The molecule has 0 aliphatic heterocycles. The summed E-state index contributed by atoms with van der Waals surface area (Å²) in [5.41, 5.74) is 1.79. The average Bonchev–Trinajstić information content (AvgIpc) is 3.44. The predicted octanol–water partition coefficient (Wildman–Crippen LogP) is 5.31. The number of pyridine rings is 4. The van der Waals surface area contributed by atoms with E-state index in [0.29, 0.717) is 0 Å². The highest BCUT2D eigenvalue weighted by atomic mass is 32.2. The van der Waals surface area contributed by atoms with Gasteiger partial charge in [-0.1, -0.05) is 12.1 Å². The van der Waals surface area contributed by atoms with Crippen molar-refractivity contribution in [3.05, 3.63) is 97.6 Å². The summed E-state index contributed by atoms with van der Waals surface area (Å²) in [6, 6.07) is 24.0. The van der Waals surface area contributed by atoms with Crippen molar-refractivity contribution >= 4 is 33.8 Å². The Kier molecular flexibility index (Phi) is 4.25. The van der Waals surface area contributed by atoms with Crippen LogP contribution in [0.15, 0.2) is 108 Å². The molecule has 0 amide bonds. The van der Waals surface area contributed by atoms with E-state index in [-0.39, 0.29) is 0 Å². The number of nitrogens with zero attached hydrogens (tertiary/aromatic N) is 6. The zero-order valence-corrected chi connectivity index (χ0v) is 17.1. The lowest BCUT2D eigenvalue weighted by atomic mass is 10.3. The van der Waals surface area contributed by atoms with Crippen molar-refractivity contribution in [1.29, 1.82) is 0 Å². The summed E-state index contributed by atoms with van der Waals surface area (Å²) in [5.74, 6) is 1.66. The molecule has 0 aliphatic rings. The first-order chi connectivity index (χ1) is 15.3. The van der Waals surface area contributed by atoms with Crippen LogP contribution in [-0.2, 0) is 0 Å². The minimum Gasteiger partial charge on any atom is -0.285 e. The lowest BCUT2D eigenvalue weighted by Gasteiger charge is -2.08. The van der Waals surface area contributed by atoms with E-state index in [2.05, 4.69) is 9.97 Å². The van der Waals surface area contributed by atoms with Gasteiger partial charge in [0.15, 0.2) is 0 Å². The molecular weight excluding hydrogens is 404 g/mol. The molecule has 6 aromatic rings. The molecule has 6 rings (SSSR count). The van der Waals surface area contributed by atoms with Gasteiger partial charge in [-0.2, -0.15) is 0 Å². The quantitative estimate of drug-likeness (QED) is 0.387. The molecule has 0 saturated heterocycles. The van der Waals surface area contributed by atoms with Gasteiger partial charge < -0.3 is 0 Å². The molecule has 0 aromatic carbocycles. The van der Waals surface area contributed by atoms with Crippen molar-refractivity contribution < 1.29 is 0 Å². The molecule has 6 heterocycles. The van der Waals surface area contributed by atoms with Gasteiger partial charge in [0, 0.05) is 35.6 Å². The molecular formula is C24H16N6S. The van der Waals surface area contributed by atoms with Crippen LogP contribution >= 0.6 is 11.8 Å². The third-order valence-corrected chi connectivity index (χ3v) is 5.89. The number of aromatic nitrogens is 6. The molecule has 0 radical (unpaired) electrons. The van der Waals surface area contributed by atoms with Crippen LogP contribution in [-0.4, -0.2) is 29.1 Å². The first-order valence-corrected chi connectivity index (χ1v) is 10.6. The molecule has 31 heavy (non-hydrogen) atoms. The van der Waals surface area contributed by atoms with Gasteiger partial charge in [-0.3, -0.25) is 9.13 Å². The van der Waals surface area contributed by atoms with Crippen molar-refractivity contribution in [3.63, 3.8) is 0 Å². The third-order valence-electron chi connectivity index (χ3n) is 5.02. The molecule has 7 heteroatoms. The number of hydrogen-bond acceptors (Lipinski definition) is 5. The first-order valence-electron chi connectivity index (χ1n) is 9.82. The lowest BCUT2D eigenvalue weighted by Crippen LogP contribution is -1.99. The second-order valence-corrected chi connectivity index (χ2v) is 8.01. The maximum atomic E-state index is 4.83. The second-order valence-electron chi connectivity index (χ2n) is 6.97. The minimum atomic E-state index is 0.829. The SMILES string of the molecule is c1cc(Sc2cccc(-n3ccc4cccnc43)n2)nc(-n2ccc3cccnc32)c1. The van der Waals surface area contributed by atoms with Crippen molar-refractivity contribution in [2.24, 2.45) is 0 Å². The van der Waals surface area contributed by atoms with Gasteiger partial charge in [-0.05, 0) is 72.4 Å².